The minimum absolute atomic E-state index is 0.0278. The van der Waals surface area contributed by atoms with E-state index < -0.39 is 11.9 Å². The van der Waals surface area contributed by atoms with Gasteiger partial charge in [-0.25, -0.2) is 0 Å². The lowest BCUT2D eigenvalue weighted by Crippen LogP contribution is -2.35. The molecule has 106 valence electrons. The van der Waals surface area contributed by atoms with Crippen molar-refractivity contribution in [1.29, 1.82) is 0 Å². The van der Waals surface area contributed by atoms with Gasteiger partial charge in [-0.1, -0.05) is 13.8 Å². The van der Waals surface area contributed by atoms with Crippen molar-refractivity contribution >= 4 is 22.8 Å². The van der Waals surface area contributed by atoms with Gasteiger partial charge in [-0.3, -0.25) is 9.59 Å². The maximum Gasteiger partial charge on any atom is 0.308 e. The van der Waals surface area contributed by atoms with Crippen LogP contribution in [0.2, 0.25) is 0 Å². The molecule has 0 bridgehead atoms. The number of benzene rings is 1. The minimum atomic E-state index is -0.888. The lowest BCUT2D eigenvalue weighted by Gasteiger charge is -2.16. The first-order valence-electron chi connectivity index (χ1n) is 6.57. The average molecular weight is 274 g/mol. The van der Waals surface area contributed by atoms with Crippen LogP contribution < -0.4 is 5.32 Å². The third-order valence-corrected chi connectivity index (χ3v) is 3.42. The van der Waals surface area contributed by atoms with Gasteiger partial charge in [-0.15, -0.1) is 0 Å². The molecule has 0 spiro atoms. The standard InChI is InChI=1S/C15H18N2O3/c1-9(2)12(15(19)20)8-17-14(18)11-3-4-13-10(7-11)5-6-16-13/h3-7,9,12,16H,8H2,1-2H3,(H,17,18)(H,19,20). The number of rotatable bonds is 5. The van der Waals surface area contributed by atoms with Crippen LogP contribution in [0, 0.1) is 11.8 Å². The molecule has 5 nitrogen and oxygen atoms in total. The highest BCUT2D eigenvalue weighted by Crippen LogP contribution is 2.15. The summed E-state index contributed by atoms with van der Waals surface area (Å²) in [6.07, 6.45) is 1.81. The first-order valence-corrected chi connectivity index (χ1v) is 6.57. The second-order valence-corrected chi connectivity index (χ2v) is 5.18. The van der Waals surface area contributed by atoms with Gasteiger partial charge < -0.3 is 15.4 Å². The zero-order valence-electron chi connectivity index (χ0n) is 11.5. The zero-order chi connectivity index (χ0) is 14.7. The maximum absolute atomic E-state index is 12.0. The molecule has 0 saturated heterocycles. The Labute approximate surface area is 117 Å². The summed E-state index contributed by atoms with van der Waals surface area (Å²) in [5, 5.41) is 12.7. The number of aromatic amines is 1. The molecule has 0 saturated carbocycles. The van der Waals surface area contributed by atoms with Crippen molar-refractivity contribution in [2.75, 3.05) is 6.54 Å². The number of carbonyl (C=O) groups is 2. The van der Waals surface area contributed by atoms with Crippen molar-refractivity contribution in [2.24, 2.45) is 11.8 Å². The molecule has 0 aliphatic heterocycles. The van der Waals surface area contributed by atoms with E-state index in [0.29, 0.717) is 5.56 Å². The van der Waals surface area contributed by atoms with Gasteiger partial charge in [0.25, 0.3) is 5.91 Å². The SMILES string of the molecule is CC(C)C(CNC(=O)c1ccc2[nH]ccc2c1)C(=O)O. The van der Waals surface area contributed by atoms with Crippen molar-refractivity contribution in [3.63, 3.8) is 0 Å². The number of hydrogen-bond donors (Lipinski definition) is 3. The number of carboxylic acid groups (broad SMARTS) is 1. The quantitative estimate of drug-likeness (QED) is 0.782. The summed E-state index contributed by atoms with van der Waals surface area (Å²) in [7, 11) is 0. The number of H-pyrrole nitrogens is 1. The van der Waals surface area contributed by atoms with E-state index in [1.807, 2.05) is 32.2 Å². The van der Waals surface area contributed by atoms with Crippen LogP contribution in [0.3, 0.4) is 0 Å². The second-order valence-electron chi connectivity index (χ2n) is 5.18. The fourth-order valence-corrected chi connectivity index (χ4v) is 2.11. The summed E-state index contributed by atoms with van der Waals surface area (Å²) in [6, 6.07) is 7.23. The molecule has 3 N–H and O–H groups in total. The predicted molar refractivity (Wildman–Crippen MR) is 76.6 cm³/mol. The molecule has 2 aromatic rings. The Morgan fingerprint density at radius 2 is 2.05 bits per heavy atom. The van der Waals surface area contributed by atoms with E-state index in [-0.39, 0.29) is 18.4 Å². The van der Waals surface area contributed by atoms with Crippen LogP contribution >= 0.6 is 0 Å². The lowest BCUT2D eigenvalue weighted by molar-refractivity contribution is -0.142. The summed E-state index contributed by atoms with van der Waals surface area (Å²) in [4.78, 5) is 26.2. The molecule has 2 rings (SSSR count). The first kappa shape index (κ1) is 14.1. The molecule has 0 aliphatic carbocycles. The van der Waals surface area contributed by atoms with Crippen LogP contribution in [-0.4, -0.2) is 28.5 Å². The van der Waals surface area contributed by atoms with Gasteiger partial charge in [-0.05, 0) is 30.2 Å². The number of carboxylic acids is 1. The van der Waals surface area contributed by atoms with E-state index in [4.69, 9.17) is 5.11 Å². The predicted octanol–water partition coefficient (Wildman–Crippen LogP) is 2.25. The van der Waals surface area contributed by atoms with E-state index in [1.165, 1.54) is 0 Å². The molecule has 1 aromatic heterocycles. The van der Waals surface area contributed by atoms with Gasteiger partial charge >= 0.3 is 5.97 Å². The van der Waals surface area contributed by atoms with Crippen molar-refractivity contribution in [2.45, 2.75) is 13.8 Å². The van der Waals surface area contributed by atoms with E-state index in [9.17, 15) is 9.59 Å². The summed E-state index contributed by atoms with van der Waals surface area (Å²) >= 11 is 0. The average Bonchev–Trinajstić information content (AvgIpc) is 2.84. The number of fused-ring (bicyclic) bond motifs is 1. The number of carbonyl (C=O) groups excluding carboxylic acids is 1. The Morgan fingerprint density at radius 1 is 1.30 bits per heavy atom. The Hall–Kier alpha value is -2.30. The molecule has 1 aromatic carbocycles. The molecular formula is C15H18N2O3. The maximum atomic E-state index is 12.0. The van der Waals surface area contributed by atoms with Crippen molar-refractivity contribution in [3.05, 3.63) is 36.0 Å². The highest BCUT2D eigenvalue weighted by molar-refractivity contribution is 5.98. The lowest BCUT2D eigenvalue weighted by atomic mass is 9.96. The van der Waals surface area contributed by atoms with Crippen LogP contribution in [0.5, 0.6) is 0 Å². The molecule has 0 radical (unpaired) electrons. The van der Waals surface area contributed by atoms with Crippen LogP contribution in [0.4, 0.5) is 0 Å². The van der Waals surface area contributed by atoms with Crippen molar-refractivity contribution in [1.82, 2.24) is 10.3 Å². The summed E-state index contributed by atoms with van der Waals surface area (Å²) in [6.45, 7) is 3.80. The number of nitrogens with one attached hydrogen (secondary N) is 2. The molecule has 5 heteroatoms. The molecule has 1 heterocycles. The fraction of sp³-hybridized carbons (Fsp3) is 0.333. The van der Waals surface area contributed by atoms with E-state index in [2.05, 4.69) is 10.3 Å². The fourth-order valence-electron chi connectivity index (χ4n) is 2.11. The monoisotopic (exact) mass is 274 g/mol. The Kier molecular flexibility index (Phi) is 4.08. The van der Waals surface area contributed by atoms with Gasteiger partial charge in [-0.2, -0.15) is 0 Å². The van der Waals surface area contributed by atoms with Crippen LogP contribution in [0.15, 0.2) is 30.5 Å². The molecule has 0 fully saturated rings. The highest BCUT2D eigenvalue weighted by atomic mass is 16.4. The summed E-state index contributed by atoms with van der Waals surface area (Å²) in [5.74, 6) is -1.74. The van der Waals surface area contributed by atoms with Gasteiger partial charge in [0.1, 0.15) is 0 Å². The third-order valence-electron chi connectivity index (χ3n) is 3.42. The zero-order valence-corrected chi connectivity index (χ0v) is 11.5. The van der Waals surface area contributed by atoms with Gasteiger partial charge in [0, 0.05) is 29.2 Å². The van der Waals surface area contributed by atoms with Gasteiger partial charge in [0.05, 0.1) is 5.92 Å². The molecule has 0 aliphatic rings. The van der Waals surface area contributed by atoms with E-state index in [1.54, 1.807) is 12.1 Å². The first-order chi connectivity index (χ1) is 9.49. The minimum Gasteiger partial charge on any atom is -0.481 e. The third kappa shape index (κ3) is 2.99. The number of hydrogen-bond acceptors (Lipinski definition) is 2. The van der Waals surface area contributed by atoms with E-state index >= 15 is 0 Å². The molecule has 20 heavy (non-hydrogen) atoms. The van der Waals surface area contributed by atoms with Gasteiger partial charge in [0.15, 0.2) is 0 Å². The number of aliphatic carboxylic acids is 1. The van der Waals surface area contributed by atoms with Crippen LogP contribution in [-0.2, 0) is 4.79 Å². The van der Waals surface area contributed by atoms with Gasteiger partial charge in [0.2, 0.25) is 0 Å². The van der Waals surface area contributed by atoms with Crippen LogP contribution in [0.1, 0.15) is 24.2 Å². The number of amides is 1. The second kappa shape index (κ2) is 5.77. The molecular weight excluding hydrogens is 256 g/mol. The molecule has 1 atom stereocenters. The largest absolute Gasteiger partial charge is 0.481 e. The summed E-state index contributed by atoms with van der Waals surface area (Å²) < 4.78 is 0. The molecule has 1 amide bonds. The Balaban J connectivity index is 2.05. The topological polar surface area (TPSA) is 82.2 Å². The summed E-state index contributed by atoms with van der Waals surface area (Å²) in [5.41, 5.74) is 1.50. The van der Waals surface area contributed by atoms with Crippen molar-refractivity contribution < 1.29 is 14.7 Å². The van der Waals surface area contributed by atoms with E-state index in [0.717, 1.165) is 10.9 Å². The number of aromatic nitrogens is 1. The normalized spacial score (nSPS) is 12.6. The highest BCUT2D eigenvalue weighted by Gasteiger charge is 2.22. The Morgan fingerprint density at radius 3 is 2.70 bits per heavy atom. The Bertz CT molecular complexity index is 631. The van der Waals surface area contributed by atoms with Crippen LogP contribution in [0.25, 0.3) is 10.9 Å². The smallest absolute Gasteiger partial charge is 0.308 e. The van der Waals surface area contributed by atoms with Crippen molar-refractivity contribution in [3.8, 4) is 0 Å². The molecule has 1 unspecified atom stereocenters.